The Labute approximate surface area is 142 Å². The highest BCUT2D eigenvalue weighted by Gasteiger charge is 2.37. The molecular weight excluding hydrogens is 301 g/mol. The van der Waals surface area contributed by atoms with E-state index in [0.29, 0.717) is 17.2 Å². The maximum Gasteiger partial charge on any atom is 0.249 e. The minimum atomic E-state index is -0.0887. The van der Waals surface area contributed by atoms with Gasteiger partial charge in [-0.05, 0) is 32.1 Å². The third-order valence-corrected chi connectivity index (χ3v) is 5.11. The summed E-state index contributed by atoms with van der Waals surface area (Å²) in [6.45, 7) is 0.788. The predicted molar refractivity (Wildman–Crippen MR) is 90.8 cm³/mol. The minimum absolute atomic E-state index is 0.0887. The molecule has 1 unspecified atom stereocenters. The highest BCUT2D eigenvalue weighted by atomic mass is 16.5. The molecule has 1 amide bonds. The molecule has 2 fully saturated rings. The fraction of sp³-hybridized carbons (Fsp3) is 0.500. The van der Waals surface area contributed by atoms with Crippen LogP contribution >= 0.6 is 0 Å². The van der Waals surface area contributed by atoms with E-state index in [-0.39, 0.29) is 17.9 Å². The highest BCUT2D eigenvalue weighted by molar-refractivity contribution is 6.32. The zero-order valence-corrected chi connectivity index (χ0v) is 13.6. The second kappa shape index (κ2) is 6.42. The maximum atomic E-state index is 12.7. The number of carbonyl (C=O) groups is 1. The Morgan fingerprint density at radius 2 is 2.08 bits per heavy atom. The lowest BCUT2D eigenvalue weighted by Crippen LogP contribution is -2.43. The molecule has 1 aromatic carbocycles. The standard InChI is InChI=1S/C18H20BN3O2/c19-14-8-4-7-13(11-14)16-20-17(24-21-16)15-9-1-2-10-22(15)18(23)12-5-3-6-12/h4,7-8,11-12,15H,1-3,5-6,9-10H2. The van der Waals surface area contributed by atoms with Crippen LogP contribution in [0.2, 0.25) is 0 Å². The summed E-state index contributed by atoms with van der Waals surface area (Å²) >= 11 is 0. The van der Waals surface area contributed by atoms with Gasteiger partial charge in [0.05, 0.1) is 0 Å². The van der Waals surface area contributed by atoms with E-state index in [1.807, 2.05) is 29.2 Å². The number of piperidine rings is 1. The number of benzene rings is 1. The van der Waals surface area contributed by atoms with E-state index in [2.05, 4.69) is 10.1 Å². The topological polar surface area (TPSA) is 59.2 Å². The summed E-state index contributed by atoms with van der Waals surface area (Å²) in [5, 5.41) is 4.10. The van der Waals surface area contributed by atoms with Gasteiger partial charge in [-0.3, -0.25) is 4.79 Å². The first-order chi connectivity index (χ1) is 11.7. The largest absolute Gasteiger partial charge is 0.337 e. The van der Waals surface area contributed by atoms with E-state index in [1.54, 1.807) is 0 Å². The van der Waals surface area contributed by atoms with Crippen molar-refractivity contribution in [3.63, 3.8) is 0 Å². The van der Waals surface area contributed by atoms with Crippen LogP contribution in [-0.4, -0.2) is 35.3 Å². The molecule has 122 valence electrons. The van der Waals surface area contributed by atoms with Gasteiger partial charge in [-0.1, -0.05) is 41.3 Å². The quantitative estimate of drug-likeness (QED) is 0.815. The molecule has 24 heavy (non-hydrogen) atoms. The van der Waals surface area contributed by atoms with Crippen molar-refractivity contribution < 1.29 is 9.32 Å². The lowest BCUT2D eigenvalue weighted by molar-refractivity contribution is -0.142. The van der Waals surface area contributed by atoms with Gasteiger partial charge >= 0.3 is 0 Å². The Morgan fingerprint density at radius 1 is 1.21 bits per heavy atom. The van der Waals surface area contributed by atoms with Gasteiger partial charge in [0, 0.05) is 18.0 Å². The number of rotatable bonds is 3. The lowest BCUT2D eigenvalue weighted by atomic mass is 9.83. The van der Waals surface area contributed by atoms with Gasteiger partial charge < -0.3 is 9.42 Å². The average molecular weight is 321 g/mol. The summed E-state index contributed by atoms with van der Waals surface area (Å²) in [5.41, 5.74) is 1.50. The zero-order chi connectivity index (χ0) is 16.5. The van der Waals surface area contributed by atoms with Crippen molar-refractivity contribution in [2.75, 3.05) is 6.54 Å². The van der Waals surface area contributed by atoms with Crippen molar-refractivity contribution in [2.45, 2.75) is 44.6 Å². The smallest absolute Gasteiger partial charge is 0.249 e. The number of nitrogens with zero attached hydrogens (tertiary/aromatic N) is 3. The molecule has 2 radical (unpaired) electrons. The van der Waals surface area contributed by atoms with Crippen LogP contribution in [0.25, 0.3) is 11.4 Å². The summed E-state index contributed by atoms with van der Waals surface area (Å²) in [5.74, 6) is 1.52. The first-order valence-electron chi connectivity index (χ1n) is 8.72. The molecule has 4 rings (SSSR count). The lowest BCUT2D eigenvalue weighted by Gasteiger charge is -2.38. The molecule has 1 aliphatic carbocycles. The van der Waals surface area contributed by atoms with Crippen molar-refractivity contribution in [3.8, 4) is 11.4 Å². The molecule has 0 bridgehead atoms. The Kier molecular flexibility index (Phi) is 4.13. The van der Waals surface area contributed by atoms with Crippen LogP contribution in [0, 0.1) is 5.92 Å². The molecule has 6 heteroatoms. The highest BCUT2D eigenvalue weighted by Crippen LogP contribution is 2.36. The van der Waals surface area contributed by atoms with Gasteiger partial charge in [0.1, 0.15) is 13.9 Å². The summed E-state index contributed by atoms with van der Waals surface area (Å²) in [6, 6.07) is 7.34. The van der Waals surface area contributed by atoms with Crippen LogP contribution in [0.1, 0.15) is 50.5 Å². The van der Waals surface area contributed by atoms with E-state index in [9.17, 15) is 4.79 Å². The number of amides is 1. The van der Waals surface area contributed by atoms with Crippen LogP contribution in [0.15, 0.2) is 28.8 Å². The van der Waals surface area contributed by atoms with Gasteiger partial charge in [0.2, 0.25) is 17.6 Å². The molecule has 2 aliphatic rings. The minimum Gasteiger partial charge on any atom is -0.337 e. The van der Waals surface area contributed by atoms with E-state index in [4.69, 9.17) is 12.4 Å². The van der Waals surface area contributed by atoms with Crippen molar-refractivity contribution in [1.82, 2.24) is 15.0 Å². The maximum absolute atomic E-state index is 12.7. The molecule has 1 aliphatic heterocycles. The third-order valence-electron chi connectivity index (χ3n) is 5.11. The van der Waals surface area contributed by atoms with Gasteiger partial charge in [0.25, 0.3) is 0 Å². The second-order valence-electron chi connectivity index (χ2n) is 6.75. The molecule has 1 atom stereocenters. The fourth-order valence-electron chi connectivity index (χ4n) is 3.51. The number of carbonyl (C=O) groups excluding carboxylic acids is 1. The Bertz CT molecular complexity index is 741. The van der Waals surface area contributed by atoms with Crippen molar-refractivity contribution in [2.24, 2.45) is 5.92 Å². The summed E-state index contributed by atoms with van der Waals surface area (Å²) in [6.07, 6.45) is 6.20. The van der Waals surface area contributed by atoms with Gasteiger partial charge in [-0.2, -0.15) is 4.98 Å². The molecule has 2 heterocycles. The Balaban J connectivity index is 1.58. The van der Waals surface area contributed by atoms with Gasteiger partial charge in [-0.25, -0.2) is 0 Å². The van der Waals surface area contributed by atoms with Crippen molar-refractivity contribution >= 4 is 19.2 Å². The number of hydrogen-bond donors (Lipinski definition) is 0. The average Bonchev–Trinajstić information content (AvgIpc) is 3.03. The molecule has 1 saturated carbocycles. The molecular formula is C18H20BN3O2. The summed E-state index contributed by atoms with van der Waals surface area (Å²) < 4.78 is 5.51. The van der Waals surface area contributed by atoms with Gasteiger partial charge in [-0.15, -0.1) is 0 Å². The normalized spacial score (nSPS) is 21.5. The van der Waals surface area contributed by atoms with Crippen LogP contribution in [0.5, 0.6) is 0 Å². The van der Waals surface area contributed by atoms with Crippen molar-refractivity contribution in [3.05, 3.63) is 30.2 Å². The summed E-state index contributed by atoms with van der Waals surface area (Å²) in [4.78, 5) is 19.2. The Morgan fingerprint density at radius 3 is 2.83 bits per heavy atom. The van der Waals surface area contributed by atoms with Crippen molar-refractivity contribution in [1.29, 1.82) is 0 Å². The molecule has 0 N–H and O–H groups in total. The molecule has 1 aromatic heterocycles. The van der Waals surface area contributed by atoms with Crippen LogP contribution < -0.4 is 5.46 Å². The monoisotopic (exact) mass is 321 g/mol. The molecule has 5 nitrogen and oxygen atoms in total. The first-order valence-corrected chi connectivity index (χ1v) is 8.72. The molecule has 0 spiro atoms. The SMILES string of the molecule is [B]c1cccc(-c2noc(C3CCCCN3C(=O)C3CCC3)n2)c1. The first kappa shape index (κ1) is 15.4. The van der Waals surface area contributed by atoms with Gasteiger partial charge in [0.15, 0.2) is 0 Å². The number of aromatic nitrogens is 2. The number of likely N-dealkylation sites (tertiary alicyclic amines) is 1. The predicted octanol–water partition coefficient (Wildman–Crippen LogP) is 2.38. The molecule has 1 saturated heterocycles. The Hall–Kier alpha value is -2.11. The van der Waals surface area contributed by atoms with Crippen LogP contribution in [0.4, 0.5) is 0 Å². The summed E-state index contributed by atoms with van der Waals surface area (Å²) in [7, 11) is 5.82. The fourth-order valence-corrected chi connectivity index (χ4v) is 3.51. The van der Waals surface area contributed by atoms with Crippen LogP contribution in [-0.2, 0) is 4.79 Å². The third kappa shape index (κ3) is 2.85. The zero-order valence-electron chi connectivity index (χ0n) is 13.6. The second-order valence-corrected chi connectivity index (χ2v) is 6.75. The van der Waals surface area contributed by atoms with Crippen LogP contribution in [0.3, 0.4) is 0 Å². The van der Waals surface area contributed by atoms with E-state index < -0.39 is 0 Å². The van der Waals surface area contributed by atoms with E-state index in [1.165, 1.54) is 0 Å². The van der Waals surface area contributed by atoms with E-state index in [0.717, 1.165) is 50.6 Å². The number of hydrogen-bond acceptors (Lipinski definition) is 4. The van der Waals surface area contributed by atoms with E-state index >= 15 is 0 Å². The molecule has 2 aromatic rings.